The minimum atomic E-state index is 0.117. The van der Waals surface area contributed by atoms with E-state index in [1.165, 1.54) is 5.56 Å². The molecule has 0 saturated carbocycles. The predicted octanol–water partition coefficient (Wildman–Crippen LogP) is 2.32. The molecule has 0 aliphatic carbocycles. The highest BCUT2D eigenvalue weighted by molar-refractivity contribution is 5.73. The smallest absolute Gasteiger partial charge is 0.192 e. The number of piperazine rings is 1. The summed E-state index contributed by atoms with van der Waals surface area (Å²) in [4.78, 5) is 6.90. The van der Waals surface area contributed by atoms with Gasteiger partial charge in [-0.25, -0.2) is 4.98 Å². The molecule has 4 nitrogen and oxygen atoms in total. The quantitative estimate of drug-likeness (QED) is 0.932. The molecule has 1 aliphatic rings. The zero-order chi connectivity index (χ0) is 14.2. The maximum atomic E-state index is 5.66. The highest BCUT2D eigenvalue weighted by atomic mass is 16.3. The van der Waals surface area contributed by atoms with Gasteiger partial charge in [0.25, 0.3) is 0 Å². The summed E-state index contributed by atoms with van der Waals surface area (Å²) in [6, 6.07) is 6.41. The van der Waals surface area contributed by atoms with Crippen LogP contribution in [0.1, 0.15) is 25.3 Å². The second kappa shape index (κ2) is 5.19. The lowest BCUT2D eigenvalue weighted by atomic mass is 9.84. The van der Waals surface area contributed by atoms with Crippen LogP contribution in [-0.2, 0) is 5.41 Å². The SMILES string of the molecule is Cc1nc2ccc(C(C)(C)CN3CCNCC3)cc2o1. The van der Waals surface area contributed by atoms with Crippen LogP contribution in [0.25, 0.3) is 11.1 Å². The zero-order valence-corrected chi connectivity index (χ0v) is 12.6. The Bertz CT molecular complexity index is 597. The van der Waals surface area contributed by atoms with E-state index in [2.05, 4.69) is 47.2 Å². The summed E-state index contributed by atoms with van der Waals surface area (Å²) in [5.74, 6) is 0.733. The number of oxazole rings is 1. The van der Waals surface area contributed by atoms with Crippen LogP contribution in [0, 0.1) is 6.92 Å². The molecular weight excluding hydrogens is 250 g/mol. The van der Waals surface area contributed by atoms with Crippen molar-refractivity contribution in [2.75, 3.05) is 32.7 Å². The number of hydrogen-bond acceptors (Lipinski definition) is 4. The molecule has 1 fully saturated rings. The summed E-state index contributed by atoms with van der Waals surface area (Å²) >= 11 is 0. The van der Waals surface area contributed by atoms with E-state index in [1.807, 2.05) is 6.92 Å². The number of benzene rings is 1. The van der Waals surface area contributed by atoms with Crippen LogP contribution in [0.3, 0.4) is 0 Å². The second-order valence-corrected chi connectivity index (χ2v) is 6.33. The molecule has 0 amide bonds. The van der Waals surface area contributed by atoms with E-state index in [4.69, 9.17) is 4.42 Å². The summed E-state index contributed by atoms with van der Waals surface area (Å²) in [7, 11) is 0. The van der Waals surface area contributed by atoms with E-state index in [0.717, 1.165) is 49.7 Å². The molecule has 1 saturated heterocycles. The van der Waals surface area contributed by atoms with Gasteiger partial charge >= 0.3 is 0 Å². The van der Waals surface area contributed by atoms with E-state index in [0.29, 0.717) is 0 Å². The van der Waals surface area contributed by atoms with Gasteiger partial charge in [0.1, 0.15) is 5.52 Å². The van der Waals surface area contributed by atoms with Gasteiger partial charge in [-0.1, -0.05) is 19.9 Å². The molecule has 1 N–H and O–H groups in total. The molecule has 0 atom stereocenters. The molecule has 4 heteroatoms. The van der Waals surface area contributed by atoms with Crippen molar-refractivity contribution in [3.05, 3.63) is 29.7 Å². The zero-order valence-electron chi connectivity index (χ0n) is 12.6. The average Bonchev–Trinajstić information content (AvgIpc) is 2.78. The molecule has 1 aromatic carbocycles. The van der Waals surface area contributed by atoms with Crippen LogP contribution >= 0.6 is 0 Å². The van der Waals surface area contributed by atoms with Crippen molar-refractivity contribution in [3.63, 3.8) is 0 Å². The molecule has 20 heavy (non-hydrogen) atoms. The molecule has 0 bridgehead atoms. The van der Waals surface area contributed by atoms with Crippen molar-refractivity contribution in [3.8, 4) is 0 Å². The number of rotatable bonds is 3. The number of nitrogens with zero attached hydrogens (tertiary/aromatic N) is 2. The topological polar surface area (TPSA) is 41.3 Å². The molecule has 2 aromatic rings. The molecule has 3 rings (SSSR count). The first kappa shape index (κ1) is 13.6. The summed E-state index contributed by atoms with van der Waals surface area (Å²) in [6.45, 7) is 12.0. The molecule has 2 heterocycles. The van der Waals surface area contributed by atoms with Crippen LogP contribution < -0.4 is 5.32 Å². The van der Waals surface area contributed by atoms with Crippen molar-refractivity contribution < 1.29 is 4.42 Å². The highest BCUT2D eigenvalue weighted by Gasteiger charge is 2.25. The van der Waals surface area contributed by atoms with Gasteiger partial charge in [-0.15, -0.1) is 0 Å². The number of aryl methyl sites for hydroxylation is 1. The minimum absolute atomic E-state index is 0.117. The van der Waals surface area contributed by atoms with Crippen LogP contribution in [0.4, 0.5) is 0 Å². The lowest BCUT2D eigenvalue weighted by Crippen LogP contribution is -2.47. The largest absolute Gasteiger partial charge is 0.441 e. The van der Waals surface area contributed by atoms with Crippen LogP contribution in [0.5, 0.6) is 0 Å². The number of hydrogen-bond donors (Lipinski definition) is 1. The first-order chi connectivity index (χ1) is 9.54. The third-order valence-corrected chi connectivity index (χ3v) is 4.11. The Morgan fingerprint density at radius 3 is 2.80 bits per heavy atom. The van der Waals surface area contributed by atoms with Crippen LogP contribution in [-0.4, -0.2) is 42.6 Å². The molecule has 0 unspecified atom stereocenters. The van der Waals surface area contributed by atoms with Crippen LogP contribution in [0.2, 0.25) is 0 Å². The van der Waals surface area contributed by atoms with Crippen molar-refractivity contribution in [2.45, 2.75) is 26.2 Å². The Kier molecular flexibility index (Phi) is 3.52. The van der Waals surface area contributed by atoms with Crippen molar-refractivity contribution in [2.24, 2.45) is 0 Å². The normalized spacial score (nSPS) is 17.8. The Morgan fingerprint density at radius 2 is 2.05 bits per heavy atom. The second-order valence-electron chi connectivity index (χ2n) is 6.33. The van der Waals surface area contributed by atoms with Gasteiger partial charge < -0.3 is 9.73 Å². The fourth-order valence-electron chi connectivity index (χ4n) is 2.98. The highest BCUT2D eigenvalue weighted by Crippen LogP contribution is 2.28. The fourth-order valence-corrected chi connectivity index (χ4v) is 2.98. The van der Waals surface area contributed by atoms with E-state index >= 15 is 0 Å². The Morgan fingerprint density at radius 1 is 1.30 bits per heavy atom. The van der Waals surface area contributed by atoms with E-state index in [9.17, 15) is 0 Å². The van der Waals surface area contributed by atoms with Gasteiger partial charge in [-0.2, -0.15) is 0 Å². The van der Waals surface area contributed by atoms with Crippen molar-refractivity contribution in [1.82, 2.24) is 15.2 Å². The fraction of sp³-hybridized carbons (Fsp3) is 0.562. The molecule has 108 valence electrons. The van der Waals surface area contributed by atoms with Crippen LogP contribution in [0.15, 0.2) is 22.6 Å². The van der Waals surface area contributed by atoms with E-state index in [1.54, 1.807) is 0 Å². The van der Waals surface area contributed by atoms with Gasteiger partial charge in [-0.3, -0.25) is 4.90 Å². The molecule has 0 radical (unpaired) electrons. The predicted molar refractivity (Wildman–Crippen MR) is 81.1 cm³/mol. The Labute approximate surface area is 120 Å². The van der Waals surface area contributed by atoms with Crippen molar-refractivity contribution in [1.29, 1.82) is 0 Å². The monoisotopic (exact) mass is 273 g/mol. The molecular formula is C16H23N3O. The molecule has 0 spiro atoms. The van der Waals surface area contributed by atoms with E-state index in [-0.39, 0.29) is 5.41 Å². The van der Waals surface area contributed by atoms with Gasteiger partial charge in [0, 0.05) is 45.1 Å². The maximum absolute atomic E-state index is 5.66. The number of fused-ring (bicyclic) bond motifs is 1. The van der Waals surface area contributed by atoms with E-state index < -0.39 is 0 Å². The van der Waals surface area contributed by atoms with Crippen molar-refractivity contribution >= 4 is 11.1 Å². The molecule has 1 aromatic heterocycles. The average molecular weight is 273 g/mol. The van der Waals surface area contributed by atoms with Gasteiger partial charge in [-0.05, 0) is 17.7 Å². The lowest BCUT2D eigenvalue weighted by molar-refractivity contribution is 0.200. The summed E-state index contributed by atoms with van der Waals surface area (Å²) in [5, 5.41) is 3.40. The van der Waals surface area contributed by atoms with Gasteiger partial charge in [0.15, 0.2) is 11.5 Å². The standard InChI is InChI=1S/C16H23N3O/c1-12-18-14-5-4-13(10-15(14)20-12)16(2,3)11-19-8-6-17-7-9-19/h4-5,10,17H,6-9,11H2,1-3H3. The molecule has 1 aliphatic heterocycles. The third kappa shape index (κ3) is 2.72. The van der Waals surface area contributed by atoms with Gasteiger partial charge in [0.2, 0.25) is 0 Å². The summed E-state index contributed by atoms with van der Waals surface area (Å²) in [5.41, 5.74) is 3.28. The third-order valence-electron chi connectivity index (χ3n) is 4.11. The number of aromatic nitrogens is 1. The summed E-state index contributed by atoms with van der Waals surface area (Å²) in [6.07, 6.45) is 0. The lowest BCUT2D eigenvalue weighted by Gasteiger charge is -2.35. The van der Waals surface area contributed by atoms with Gasteiger partial charge in [0.05, 0.1) is 0 Å². The Hall–Kier alpha value is -1.39. The maximum Gasteiger partial charge on any atom is 0.192 e. The number of nitrogens with one attached hydrogen (secondary N) is 1. The Balaban J connectivity index is 1.83. The summed E-state index contributed by atoms with van der Waals surface area (Å²) < 4.78 is 5.66. The minimum Gasteiger partial charge on any atom is -0.441 e. The first-order valence-corrected chi connectivity index (χ1v) is 7.35. The first-order valence-electron chi connectivity index (χ1n) is 7.35.